The van der Waals surface area contributed by atoms with E-state index in [4.69, 9.17) is 9.47 Å². The molecule has 11 heteroatoms. The number of nitrogens with zero attached hydrogens (tertiary/aromatic N) is 3. The van der Waals surface area contributed by atoms with Crippen molar-refractivity contribution in [2.75, 3.05) is 12.9 Å². The molecule has 0 saturated carbocycles. The lowest BCUT2D eigenvalue weighted by Crippen LogP contribution is -2.39. The number of carbonyl (C=O) groups excluding carboxylic acids is 1. The highest BCUT2D eigenvalue weighted by Gasteiger charge is 2.33. The van der Waals surface area contributed by atoms with Crippen LogP contribution in [0, 0.1) is 10.1 Å². The third kappa shape index (κ3) is 6.07. The normalized spacial score (nSPS) is 14.7. The molecule has 0 bridgehead atoms. The first-order valence-corrected chi connectivity index (χ1v) is 15.1. The zero-order valence-electron chi connectivity index (χ0n) is 23.1. The summed E-state index contributed by atoms with van der Waals surface area (Å²) in [6.45, 7) is 3.95. The fourth-order valence-corrected chi connectivity index (χ4v) is 6.07. The first-order valence-electron chi connectivity index (χ1n) is 13.1. The number of allylic oxidation sites excluding steroid dienone is 1. The van der Waals surface area contributed by atoms with Crippen molar-refractivity contribution in [3.05, 3.63) is 131 Å². The molecule has 1 aliphatic rings. The molecular formula is C31H27N3O6S2. The second kappa shape index (κ2) is 12.6. The van der Waals surface area contributed by atoms with Gasteiger partial charge in [-0.25, -0.2) is 9.79 Å². The Morgan fingerprint density at radius 1 is 1.14 bits per heavy atom. The number of carbonyl (C=O) groups is 1. The van der Waals surface area contributed by atoms with Gasteiger partial charge in [0, 0.05) is 17.0 Å². The number of ether oxygens (including phenoxy) is 2. The van der Waals surface area contributed by atoms with Crippen LogP contribution in [0.3, 0.4) is 0 Å². The lowest BCUT2D eigenvalue weighted by molar-refractivity contribution is -0.384. The number of aromatic nitrogens is 1. The molecule has 0 fully saturated rings. The van der Waals surface area contributed by atoms with E-state index < -0.39 is 16.9 Å². The highest BCUT2D eigenvalue weighted by molar-refractivity contribution is 7.98. The summed E-state index contributed by atoms with van der Waals surface area (Å²) in [4.78, 5) is 43.6. The molecule has 0 saturated heterocycles. The Hall–Kier alpha value is -4.48. The molecule has 5 rings (SSSR count). The van der Waals surface area contributed by atoms with Gasteiger partial charge < -0.3 is 9.47 Å². The molecule has 0 spiro atoms. The number of non-ortho nitro benzene ring substituents is 1. The summed E-state index contributed by atoms with van der Waals surface area (Å²) in [5, 5.41) is 10.9. The quantitative estimate of drug-likeness (QED) is 0.115. The summed E-state index contributed by atoms with van der Waals surface area (Å²) in [5.74, 6) is 0.0897. The van der Waals surface area contributed by atoms with Crippen molar-refractivity contribution >= 4 is 40.8 Å². The Labute approximate surface area is 249 Å². The number of thiazole rings is 1. The topological polar surface area (TPSA) is 113 Å². The number of nitro benzene ring substituents is 1. The zero-order chi connectivity index (χ0) is 29.8. The Bertz CT molecular complexity index is 1860. The average Bonchev–Trinajstić information content (AvgIpc) is 3.29. The molecule has 1 aromatic heterocycles. The molecular weight excluding hydrogens is 574 g/mol. The summed E-state index contributed by atoms with van der Waals surface area (Å²) >= 11 is 2.87. The summed E-state index contributed by atoms with van der Waals surface area (Å²) in [6.07, 6.45) is 3.77. The molecule has 0 N–H and O–H groups in total. The Balaban J connectivity index is 1.50. The molecule has 2 heterocycles. The molecule has 9 nitrogen and oxygen atoms in total. The molecule has 214 valence electrons. The summed E-state index contributed by atoms with van der Waals surface area (Å²) < 4.78 is 13.3. The van der Waals surface area contributed by atoms with Gasteiger partial charge in [-0.15, -0.1) is 11.8 Å². The maximum atomic E-state index is 13.9. The molecule has 0 unspecified atom stereocenters. The van der Waals surface area contributed by atoms with Crippen molar-refractivity contribution in [3.8, 4) is 5.75 Å². The number of nitro groups is 1. The maximum absolute atomic E-state index is 13.9. The maximum Gasteiger partial charge on any atom is 0.338 e. The van der Waals surface area contributed by atoms with Gasteiger partial charge in [-0.05, 0) is 79.3 Å². The van der Waals surface area contributed by atoms with Crippen LogP contribution in [0.5, 0.6) is 5.75 Å². The van der Waals surface area contributed by atoms with Gasteiger partial charge in [-0.2, -0.15) is 0 Å². The van der Waals surface area contributed by atoms with Crippen LogP contribution in [0.15, 0.2) is 98.7 Å². The fraction of sp³-hybridized carbons (Fsp3) is 0.194. The highest BCUT2D eigenvalue weighted by atomic mass is 32.2. The number of hydrogen-bond acceptors (Lipinski definition) is 9. The smallest absolute Gasteiger partial charge is 0.338 e. The van der Waals surface area contributed by atoms with Gasteiger partial charge in [-0.1, -0.05) is 35.6 Å². The molecule has 0 aliphatic carbocycles. The van der Waals surface area contributed by atoms with E-state index >= 15 is 0 Å². The average molecular weight is 602 g/mol. The Morgan fingerprint density at radius 3 is 2.55 bits per heavy atom. The van der Waals surface area contributed by atoms with E-state index in [9.17, 15) is 19.7 Å². The second-order valence-corrected chi connectivity index (χ2v) is 11.2. The van der Waals surface area contributed by atoms with Gasteiger partial charge in [0.2, 0.25) is 0 Å². The summed E-state index contributed by atoms with van der Waals surface area (Å²) in [5.41, 5.74) is 2.95. The summed E-state index contributed by atoms with van der Waals surface area (Å²) in [7, 11) is 0. The second-order valence-electron chi connectivity index (χ2n) is 9.36. The largest absolute Gasteiger partial charge is 0.489 e. The number of thioether (sulfide) groups is 1. The van der Waals surface area contributed by atoms with Crippen molar-refractivity contribution in [1.29, 1.82) is 0 Å². The Morgan fingerprint density at radius 2 is 1.88 bits per heavy atom. The monoisotopic (exact) mass is 601 g/mol. The van der Waals surface area contributed by atoms with Gasteiger partial charge in [0.15, 0.2) is 4.80 Å². The predicted octanol–water partition coefficient (Wildman–Crippen LogP) is 5.01. The molecule has 0 amide bonds. The van der Waals surface area contributed by atoms with E-state index in [2.05, 4.69) is 4.99 Å². The van der Waals surface area contributed by atoms with Crippen LogP contribution in [-0.2, 0) is 16.1 Å². The van der Waals surface area contributed by atoms with Crippen LogP contribution >= 0.6 is 23.1 Å². The number of benzene rings is 3. The molecule has 3 aromatic carbocycles. The molecule has 42 heavy (non-hydrogen) atoms. The molecule has 1 atom stereocenters. The van der Waals surface area contributed by atoms with Crippen molar-refractivity contribution in [3.63, 3.8) is 0 Å². The minimum absolute atomic E-state index is 0.0194. The molecule has 4 aromatic rings. The molecule has 0 radical (unpaired) electrons. The van der Waals surface area contributed by atoms with Crippen LogP contribution in [0.4, 0.5) is 5.69 Å². The van der Waals surface area contributed by atoms with Crippen LogP contribution in [0.2, 0.25) is 0 Å². The minimum atomic E-state index is -0.672. The van der Waals surface area contributed by atoms with Crippen LogP contribution in [0.1, 0.15) is 36.6 Å². The number of rotatable bonds is 9. The highest BCUT2D eigenvalue weighted by Crippen LogP contribution is 2.31. The minimum Gasteiger partial charge on any atom is -0.489 e. The third-order valence-electron chi connectivity index (χ3n) is 6.66. The van der Waals surface area contributed by atoms with E-state index in [1.807, 2.05) is 48.7 Å². The number of fused-ring (bicyclic) bond motifs is 1. The van der Waals surface area contributed by atoms with E-state index in [1.165, 1.54) is 23.5 Å². The molecule has 1 aliphatic heterocycles. The standard InChI is InChI=1S/C31H27N3O6S2/c1-4-39-30(36)27-19(2)32-31-33(28(27)22-10-14-25(41-3)15-11-22)29(35)26(42-31)17-21-6-5-7-24(16-21)40-18-20-8-12-23(13-9-20)34(37)38/h5-17,28H,4,18H2,1-3H3/b26-17-/t28-/m1/s1. The first-order chi connectivity index (χ1) is 20.3. The first kappa shape index (κ1) is 29.0. The number of hydrogen-bond donors (Lipinski definition) is 0. The lowest BCUT2D eigenvalue weighted by Gasteiger charge is -2.24. The van der Waals surface area contributed by atoms with Gasteiger partial charge in [-0.3, -0.25) is 19.5 Å². The predicted molar refractivity (Wildman–Crippen MR) is 162 cm³/mol. The van der Waals surface area contributed by atoms with Crippen molar-refractivity contribution in [1.82, 2.24) is 4.57 Å². The van der Waals surface area contributed by atoms with Gasteiger partial charge in [0.25, 0.3) is 11.2 Å². The third-order valence-corrected chi connectivity index (χ3v) is 8.38. The van der Waals surface area contributed by atoms with Gasteiger partial charge in [0.1, 0.15) is 12.4 Å². The number of esters is 1. The van der Waals surface area contributed by atoms with Crippen molar-refractivity contribution in [2.45, 2.75) is 31.4 Å². The van der Waals surface area contributed by atoms with E-state index in [0.717, 1.165) is 21.6 Å². The SMILES string of the molecule is CCOC(=O)C1=C(C)N=c2s/c(=C\c3cccc(OCc4ccc([N+](=O)[O-])cc4)c3)c(=O)n2[C@@H]1c1ccc(SC)cc1. The Kier molecular flexibility index (Phi) is 8.69. The van der Waals surface area contributed by atoms with Gasteiger partial charge in [0.05, 0.1) is 33.4 Å². The van der Waals surface area contributed by atoms with Crippen LogP contribution in [0.25, 0.3) is 6.08 Å². The van der Waals surface area contributed by atoms with Crippen LogP contribution in [-0.4, -0.2) is 28.3 Å². The van der Waals surface area contributed by atoms with E-state index in [0.29, 0.717) is 26.4 Å². The van der Waals surface area contributed by atoms with E-state index in [1.54, 1.807) is 54.5 Å². The van der Waals surface area contributed by atoms with Crippen molar-refractivity contribution < 1.29 is 19.2 Å². The lowest BCUT2D eigenvalue weighted by atomic mass is 9.96. The van der Waals surface area contributed by atoms with E-state index in [-0.39, 0.29) is 24.5 Å². The summed E-state index contributed by atoms with van der Waals surface area (Å²) in [6, 6.07) is 20.6. The van der Waals surface area contributed by atoms with Crippen molar-refractivity contribution in [2.24, 2.45) is 4.99 Å². The van der Waals surface area contributed by atoms with Crippen LogP contribution < -0.4 is 19.6 Å². The van der Waals surface area contributed by atoms with Gasteiger partial charge >= 0.3 is 5.97 Å². The zero-order valence-corrected chi connectivity index (χ0v) is 24.7. The fourth-order valence-electron chi connectivity index (χ4n) is 4.62.